The van der Waals surface area contributed by atoms with Gasteiger partial charge in [-0.15, -0.1) is 0 Å². The summed E-state index contributed by atoms with van der Waals surface area (Å²) >= 11 is 0. The van der Waals surface area contributed by atoms with Gasteiger partial charge >= 0.3 is 12.0 Å². The molecule has 0 aromatic carbocycles. The number of imide groups is 1. The summed E-state index contributed by atoms with van der Waals surface area (Å²) < 4.78 is 0. The lowest BCUT2D eigenvalue weighted by molar-refractivity contribution is -0.149. The van der Waals surface area contributed by atoms with Crippen LogP contribution in [0.2, 0.25) is 0 Å². The molecule has 0 heterocycles. The maximum atomic E-state index is 12.0. The minimum atomic E-state index is -1.18. The molecule has 21 heavy (non-hydrogen) atoms. The molecule has 1 fully saturated rings. The number of carbonyl (C=O) groups excluding carboxylic acids is 2. The predicted octanol–water partition coefficient (Wildman–Crippen LogP) is 2.23. The Bertz CT molecular complexity index is 412. The topological polar surface area (TPSA) is 86.7 Å². The number of nitrogens with zero attached hydrogens (tertiary/aromatic N) is 1. The van der Waals surface area contributed by atoms with Crippen molar-refractivity contribution in [2.24, 2.45) is 11.3 Å². The Labute approximate surface area is 125 Å². The first-order chi connectivity index (χ1) is 9.63. The van der Waals surface area contributed by atoms with Crippen LogP contribution in [-0.2, 0) is 9.59 Å². The largest absolute Gasteiger partial charge is 0.481 e. The number of urea groups is 1. The Morgan fingerprint density at radius 3 is 2.19 bits per heavy atom. The highest BCUT2D eigenvalue weighted by Gasteiger charge is 2.32. The smallest absolute Gasteiger partial charge is 0.324 e. The molecule has 6 heteroatoms. The van der Waals surface area contributed by atoms with Crippen LogP contribution in [0.4, 0.5) is 4.79 Å². The molecule has 0 unspecified atom stereocenters. The highest BCUT2D eigenvalue weighted by molar-refractivity contribution is 5.96. The van der Waals surface area contributed by atoms with Crippen LogP contribution in [0.1, 0.15) is 52.9 Å². The second kappa shape index (κ2) is 6.91. The number of hydrogen-bond donors (Lipinski definition) is 2. The van der Waals surface area contributed by atoms with Crippen LogP contribution >= 0.6 is 0 Å². The lowest BCUT2D eigenvalue weighted by atomic mass is 9.87. The Morgan fingerprint density at radius 2 is 1.71 bits per heavy atom. The van der Waals surface area contributed by atoms with E-state index in [1.165, 1.54) is 13.8 Å². The maximum Gasteiger partial charge on any atom is 0.324 e. The first kappa shape index (κ1) is 17.5. The molecule has 0 aromatic heterocycles. The molecular weight excluding hydrogens is 272 g/mol. The van der Waals surface area contributed by atoms with Crippen LogP contribution in [0.25, 0.3) is 0 Å². The number of carboxylic acid groups (broad SMARTS) is 1. The van der Waals surface area contributed by atoms with Crippen LogP contribution in [0, 0.1) is 11.3 Å². The van der Waals surface area contributed by atoms with Gasteiger partial charge in [0.05, 0.1) is 5.41 Å². The highest BCUT2D eigenvalue weighted by Crippen LogP contribution is 2.26. The van der Waals surface area contributed by atoms with Crippen molar-refractivity contribution in [1.29, 1.82) is 0 Å². The predicted molar refractivity (Wildman–Crippen MR) is 78.8 cm³/mol. The lowest BCUT2D eigenvalue weighted by Crippen LogP contribution is -2.47. The van der Waals surface area contributed by atoms with Crippen molar-refractivity contribution in [1.82, 2.24) is 10.2 Å². The van der Waals surface area contributed by atoms with E-state index in [2.05, 4.69) is 12.2 Å². The van der Waals surface area contributed by atoms with E-state index in [0.717, 1.165) is 25.7 Å². The molecule has 6 nitrogen and oxygen atoms in total. The minimum Gasteiger partial charge on any atom is -0.481 e. The van der Waals surface area contributed by atoms with Crippen molar-refractivity contribution in [3.63, 3.8) is 0 Å². The summed E-state index contributed by atoms with van der Waals surface area (Å²) in [6.45, 7) is 5.13. The molecule has 3 amide bonds. The van der Waals surface area contributed by atoms with E-state index in [4.69, 9.17) is 5.11 Å². The summed E-state index contributed by atoms with van der Waals surface area (Å²) in [5.41, 5.74) is -1.18. The zero-order chi connectivity index (χ0) is 16.2. The SMILES string of the molecule is CC1CCC(N(C)C(=O)NC(=O)CC(C)(C)C(=O)O)CC1. The Hall–Kier alpha value is -1.59. The molecule has 0 aliphatic heterocycles. The molecule has 1 aliphatic rings. The molecule has 0 aromatic rings. The number of nitrogens with one attached hydrogen (secondary N) is 1. The van der Waals surface area contributed by atoms with E-state index in [1.807, 2.05) is 0 Å². The third kappa shape index (κ3) is 5.02. The molecule has 2 N–H and O–H groups in total. The van der Waals surface area contributed by atoms with Gasteiger partial charge in [-0.1, -0.05) is 6.92 Å². The molecule has 120 valence electrons. The lowest BCUT2D eigenvalue weighted by Gasteiger charge is -2.33. The van der Waals surface area contributed by atoms with Crippen LogP contribution < -0.4 is 5.32 Å². The van der Waals surface area contributed by atoms with Crippen molar-refractivity contribution >= 4 is 17.9 Å². The molecule has 0 bridgehead atoms. The fourth-order valence-corrected chi connectivity index (χ4v) is 2.52. The first-order valence-electron chi connectivity index (χ1n) is 7.43. The summed E-state index contributed by atoms with van der Waals surface area (Å²) in [7, 11) is 1.69. The molecule has 1 rings (SSSR count). The second-order valence-electron chi connectivity index (χ2n) is 6.74. The van der Waals surface area contributed by atoms with Crippen molar-refractivity contribution in [2.45, 2.75) is 58.9 Å². The number of hydrogen-bond acceptors (Lipinski definition) is 3. The zero-order valence-corrected chi connectivity index (χ0v) is 13.3. The normalized spacial score (nSPS) is 22.5. The van der Waals surface area contributed by atoms with E-state index in [9.17, 15) is 14.4 Å². The van der Waals surface area contributed by atoms with Gasteiger partial charge in [0.15, 0.2) is 0 Å². The first-order valence-corrected chi connectivity index (χ1v) is 7.43. The molecule has 1 aliphatic carbocycles. The number of carboxylic acids is 1. The third-order valence-electron chi connectivity index (χ3n) is 4.28. The fourth-order valence-electron chi connectivity index (χ4n) is 2.52. The summed E-state index contributed by atoms with van der Waals surface area (Å²) in [6, 6.07) is -0.290. The van der Waals surface area contributed by atoms with Gasteiger partial charge in [-0.25, -0.2) is 4.79 Å². The van der Waals surface area contributed by atoms with Gasteiger partial charge < -0.3 is 10.0 Å². The summed E-state index contributed by atoms with van der Waals surface area (Å²) in [5, 5.41) is 11.3. The van der Waals surface area contributed by atoms with Gasteiger partial charge in [0.2, 0.25) is 5.91 Å². The molecule has 0 spiro atoms. The fraction of sp³-hybridized carbons (Fsp3) is 0.800. The number of aliphatic carboxylic acids is 1. The van der Waals surface area contributed by atoms with E-state index < -0.39 is 23.3 Å². The van der Waals surface area contributed by atoms with Crippen LogP contribution in [0.3, 0.4) is 0 Å². The minimum absolute atomic E-state index is 0.154. The molecule has 1 saturated carbocycles. The second-order valence-corrected chi connectivity index (χ2v) is 6.74. The summed E-state index contributed by atoms with van der Waals surface area (Å²) in [4.78, 5) is 36.4. The summed E-state index contributed by atoms with van der Waals surface area (Å²) in [6.07, 6.45) is 3.84. The van der Waals surface area contributed by atoms with Gasteiger partial charge in [-0.3, -0.25) is 14.9 Å². The molecular formula is C15H26N2O4. The van der Waals surface area contributed by atoms with Gasteiger partial charge in [0.25, 0.3) is 0 Å². The monoisotopic (exact) mass is 298 g/mol. The van der Waals surface area contributed by atoms with Crippen LogP contribution in [0.5, 0.6) is 0 Å². The van der Waals surface area contributed by atoms with Gasteiger partial charge in [-0.05, 0) is 45.4 Å². The Morgan fingerprint density at radius 1 is 1.19 bits per heavy atom. The van der Waals surface area contributed by atoms with Gasteiger partial charge in [0.1, 0.15) is 0 Å². The standard InChI is InChI=1S/C15H26N2O4/c1-10-5-7-11(8-6-10)17(4)14(21)16-12(18)9-15(2,3)13(19)20/h10-11H,5-9H2,1-4H3,(H,19,20)(H,16,18,21). The number of amides is 3. The van der Waals surface area contributed by atoms with Crippen molar-refractivity contribution in [3.8, 4) is 0 Å². The highest BCUT2D eigenvalue weighted by atomic mass is 16.4. The quantitative estimate of drug-likeness (QED) is 0.833. The van der Waals surface area contributed by atoms with Crippen LogP contribution in [-0.4, -0.2) is 41.0 Å². The Balaban J connectivity index is 2.49. The van der Waals surface area contributed by atoms with Crippen molar-refractivity contribution < 1.29 is 19.5 Å². The van der Waals surface area contributed by atoms with Gasteiger partial charge in [-0.2, -0.15) is 0 Å². The maximum absolute atomic E-state index is 12.0. The molecule has 0 radical (unpaired) electrons. The summed E-state index contributed by atoms with van der Waals surface area (Å²) in [5.74, 6) is -0.918. The molecule has 0 atom stereocenters. The number of carbonyl (C=O) groups is 3. The molecule has 0 saturated heterocycles. The third-order valence-corrected chi connectivity index (χ3v) is 4.28. The van der Waals surface area contributed by atoms with E-state index in [-0.39, 0.29) is 12.5 Å². The van der Waals surface area contributed by atoms with Crippen molar-refractivity contribution in [3.05, 3.63) is 0 Å². The van der Waals surface area contributed by atoms with Crippen LogP contribution in [0.15, 0.2) is 0 Å². The average molecular weight is 298 g/mol. The average Bonchev–Trinajstić information content (AvgIpc) is 2.37. The zero-order valence-electron chi connectivity index (χ0n) is 13.3. The van der Waals surface area contributed by atoms with E-state index in [1.54, 1.807) is 11.9 Å². The van der Waals surface area contributed by atoms with Crippen molar-refractivity contribution in [2.75, 3.05) is 7.05 Å². The van der Waals surface area contributed by atoms with Gasteiger partial charge in [0, 0.05) is 19.5 Å². The number of rotatable bonds is 4. The Kier molecular flexibility index (Phi) is 5.75. The van der Waals surface area contributed by atoms with E-state index >= 15 is 0 Å². The van der Waals surface area contributed by atoms with E-state index in [0.29, 0.717) is 5.92 Å².